The summed E-state index contributed by atoms with van der Waals surface area (Å²) < 4.78 is 41.6. The minimum atomic E-state index is -4.43. The van der Waals surface area contributed by atoms with Crippen LogP contribution >= 0.6 is 24.0 Å². The zero-order valence-corrected chi connectivity index (χ0v) is 16.6. The standard InChI is InChI=1S/C17H19F3N4O.HI/c1-11-5-6-14(8-12(11)2)24-16(21)23-9-13-4-3-7-22-15(13)25-10-17(18,19)20;/h3-8H,9-10H2,1-2H3,(H3,21,23,24);1H. The van der Waals surface area contributed by atoms with Gasteiger partial charge in [0.2, 0.25) is 5.88 Å². The molecule has 1 heterocycles. The normalized spacial score (nSPS) is 11.7. The Morgan fingerprint density at radius 2 is 1.96 bits per heavy atom. The largest absolute Gasteiger partial charge is 0.468 e. The third kappa shape index (κ3) is 7.06. The molecule has 3 N–H and O–H groups in total. The summed E-state index contributed by atoms with van der Waals surface area (Å²) in [5.74, 6) is 0.0384. The van der Waals surface area contributed by atoms with Crippen molar-refractivity contribution in [3.63, 3.8) is 0 Å². The lowest BCUT2D eigenvalue weighted by molar-refractivity contribution is -0.154. The first-order valence-electron chi connectivity index (χ1n) is 7.52. The summed E-state index contributed by atoms with van der Waals surface area (Å²) in [6, 6.07) is 8.94. The Balaban J connectivity index is 0.00000338. The van der Waals surface area contributed by atoms with Crippen molar-refractivity contribution in [1.82, 2.24) is 4.98 Å². The van der Waals surface area contributed by atoms with Crippen LogP contribution in [0, 0.1) is 13.8 Å². The van der Waals surface area contributed by atoms with Gasteiger partial charge in [-0.15, -0.1) is 24.0 Å². The average Bonchev–Trinajstić information content (AvgIpc) is 2.54. The molecule has 2 aromatic rings. The number of hydrogen-bond acceptors (Lipinski definition) is 3. The van der Waals surface area contributed by atoms with E-state index >= 15 is 0 Å². The zero-order chi connectivity index (χ0) is 18.4. The molecule has 0 bridgehead atoms. The Hall–Kier alpha value is -2.04. The monoisotopic (exact) mass is 480 g/mol. The maximum absolute atomic E-state index is 12.3. The van der Waals surface area contributed by atoms with Crippen LogP contribution in [-0.4, -0.2) is 23.7 Å². The number of aryl methyl sites for hydroxylation is 2. The van der Waals surface area contributed by atoms with Crippen molar-refractivity contribution in [1.29, 1.82) is 0 Å². The molecule has 26 heavy (non-hydrogen) atoms. The second-order valence-electron chi connectivity index (χ2n) is 5.50. The van der Waals surface area contributed by atoms with Gasteiger partial charge in [-0.25, -0.2) is 9.98 Å². The molecule has 0 saturated carbocycles. The lowest BCUT2D eigenvalue weighted by atomic mass is 10.1. The van der Waals surface area contributed by atoms with Crippen molar-refractivity contribution in [3.8, 4) is 5.88 Å². The van der Waals surface area contributed by atoms with E-state index in [1.54, 1.807) is 12.1 Å². The lowest BCUT2D eigenvalue weighted by Crippen LogP contribution is -2.23. The number of alkyl halides is 3. The van der Waals surface area contributed by atoms with Gasteiger partial charge in [-0.1, -0.05) is 12.1 Å². The molecule has 142 valence electrons. The molecule has 9 heteroatoms. The van der Waals surface area contributed by atoms with Crippen molar-refractivity contribution in [2.75, 3.05) is 11.9 Å². The molecule has 0 atom stereocenters. The van der Waals surface area contributed by atoms with Gasteiger partial charge in [-0.2, -0.15) is 13.2 Å². The van der Waals surface area contributed by atoms with Gasteiger partial charge >= 0.3 is 6.18 Å². The third-order valence-corrected chi connectivity index (χ3v) is 3.42. The van der Waals surface area contributed by atoms with E-state index in [0.717, 1.165) is 16.8 Å². The van der Waals surface area contributed by atoms with Crippen molar-refractivity contribution >= 4 is 35.6 Å². The fourth-order valence-corrected chi connectivity index (χ4v) is 2.00. The zero-order valence-electron chi connectivity index (χ0n) is 14.3. The second-order valence-corrected chi connectivity index (χ2v) is 5.50. The number of halogens is 4. The first kappa shape index (κ1) is 22.0. The van der Waals surface area contributed by atoms with Gasteiger partial charge in [-0.3, -0.25) is 0 Å². The van der Waals surface area contributed by atoms with E-state index in [1.165, 1.54) is 6.20 Å². The van der Waals surface area contributed by atoms with Crippen molar-refractivity contribution < 1.29 is 17.9 Å². The fraction of sp³-hybridized carbons (Fsp3) is 0.294. The Bertz CT molecular complexity index is 766. The number of nitrogens with zero attached hydrogens (tertiary/aromatic N) is 2. The summed E-state index contributed by atoms with van der Waals surface area (Å²) in [7, 11) is 0. The molecule has 1 aromatic carbocycles. The smallest absolute Gasteiger partial charge is 0.422 e. The quantitative estimate of drug-likeness (QED) is 0.383. The number of aromatic nitrogens is 1. The summed E-state index contributed by atoms with van der Waals surface area (Å²) in [6.07, 6.45) is -3.07. The Labute approximate surface area is 166 Å². The van der Waals surface area contributed by atoms with Crippen LogP contribution in [0.4, 0.5) is 18.9 Å². The van der Waals surface area contributed by atoms with E-state index < -0.39 is 12.8 Å². The number of nitrogens with two attached hydrogens (primary N) is 1. The molecule has 0 fully saturated rings. The van der Waals surface area contributed by atoms with Crippen molar-refractivity contribution in [2.45, 2.75) is 26.6 Å². The molecule has 0 saturated heterocycles. The number of guanidine groups is 1. The highest BCUT2D eigenvalue weighted by Crippen LogP contribution is 2.20. The number of anilines is 1. The van der Waals surface area contributed by atoms with Gasteiger partial charge in [0.1, 0.15) is 0 Å². The first-order valence-corrected chi connectivity index (χ1v) is 7.52. The summed E-state index contributed by atoms with van der Waals surface area (Å²) in [5, 5.41) is 2.94. The van der Waals surface area contributed by atoms with Crippen LogP contribution in [0.3, 0.4) is 0 Å². The molecule has 0 aliphatic carbocycles. The molecule has 0 amide bonds. The van der Waals surface area contributed by atoms with Gasteiger partial charge in [0.25, 0.3) is 0 Å². The molecular weight excluding hydrogens is 460 g/mol. The van der Waals surface area contributed by atoms with Crippen molar-refractivity contribution in [2.24, 2.45) is 10.7 Å². The van der Waals surface area contributed by atoms with E-state index in [4.69, 9.17) is 10.5 Å². The summed E-state index contributed by atoms with van der Waals surface area (Å²) in [5.41, 5.74) is 9.29. The highest BCUT2D eigenvalue weighted by molar-refractivity contribution is 14.0. The van der Waals surface area contributed by atoms with Crippen molar-refractivity contribution in [3.05, 3.63) is 53.2 Å². The Kier molecular flexibility index (Phi) is 8.12. The van der Waals surface area contributed by atoms with E-state index in [-0.39, 0.29) is 42.4 Å². The van der Waals surface area contributed by atoms with E-state index in [0.29, 0.717) is 5.56 Å². The number of hydrogen-bond donors (Lipinski definition) is 2. The van der Waals surface area contributed by atoms with Crippen LogP contribution in [0.5, 0.6) is 5.88 Å². The van der Waals surface area contributed by atoms with E-state index in [2.05, 4.69) is 15.3 Å². The molecule has 0 unspecified atom stereocenters. The number of pyridine rings is 1. The van der Waals surface area contributed by atoms with Crippen LogP contribution < -0.4 is 15.8 Å². The van der Waals surface area contributed by atoms with Gasteiger partial charge in [-0.05, 0) is 43.2 Å². The molecule has 1 aromatic heterocycles. The topological polar surface area (TPSA) is 72.5 Å². The molecule has 0 aliphatic rings. The molecule has 0 radical (unpaired) electrons. The van der Waals surface area contributed by atoms with E-state index in [1.807, 2.05) is 32.0 Å². The maximum atomic E-state index is 12.3. The Morgan fingerprint density at radius 1 is 1.23 bits per heavy atom. The number of rotatable bonds is 5. The highest BCUT2D eigenvalue weighted by atomic mass is 127. The Morgan fingerprint density at radius 3 is 2.62 bits per heavy atom. The van der Waals surface area contributed by atoms with Crippen LogP contribution in [0.25, 0.3) is 0 Å². The van der Waals surface area contributed by atoms with Gasteiger partial charge in [0.15, 0.2) is 12.6 Å². The second kappa shape index (κ2) is 9.60. The SMILES string of the molecule is Cc1ccc(NC(N)=NCc2cccnc2OCC(F)(F)F)cc1C.I. The molecular formula is C17H20F3IN4O. The molecule has 5 nitrogen and oxygen atoms in total. The molecule has 0 spiro atoms. The van der Waals surface area contributed by atoms with Crippen LogP contribution in [0.2, 0.25) is 0 Å². The predicted molar refractivity (Wildman–Crippen MR) is 106 cm³/mol. The van der Waals surface area contributed by atoms with Crippen LogP contribution in [0.15, 0.2) is 41.5 Å². The summed E-state index contributed by atoms with van der Waals surface area (Å²) in [6.45, 7) is 2.62. The highest BCUT2D eigenvalue weighted by Gasteiger charge is 2.29. The maximum Gasteiger partial charge on any atom is 0.422 e. The average molecular weight is 480 g/mol. The van der Waals surface area contributed by atoms with Gasteiger partial charge < -0.3 is 15.8 Å². The van der Waals surface area contributed by atoms with E-state index in [9.17, 15) is 13.2 Å². The van der Waals surface area contributed by atoms with Gasteiger partial charge in [0.05, 0.1) is 6.54 Å². The number of ether oxygens (including phenoxy) is 1. The van der Waals surface area contributed by atoms with Gasteiger partial charge in [0, 0.05) is 17.4 Å². The lowest BCUT2D eigenvalue weighted by Gasteiger charge is -2.11. The molecule has 2 rings (SSSR count). The summed E-state index contributed by atoms with van der Waals surface area (Å²) in [4.78, 5) is 7.94. The molecule has 0 aliphatic heterocycles. The fourth-order valence-electron chi connectivity index (χ4n) is 2.00. The first-order chi connectivity index (χ1) is 11.7. The minimum absolute atomic E-state index is 0. The van der Waals surface area contributed by atoms with Crippen LogP contribution in [-0.2, 0) is 6.54 Å². The van der Waals surface area contributed by atoms with Crippen LogP contribution in [0.1, 0.15) is 16.7 Å². The minimum Gasteiger partial charge on any atom is -0.468 e. The number of nitrogens with one attached hydrogen (secondary N) is 1. The number of aliphatic imine (C=N–C) groups is 1. The predicted octanol–water partition coefficient (Wildman–Crippen LogP) is 4.18. The summed E-state index contributed by atoms with van der Waals surface area (Å²) >= 11 is 0. The number of benzene rings is 1. The third-order valence-electron chi connectivity index (χ3n) is 3.42.